The van der Waals surface area contributed by atoms with Gasteiger partial charge >= 0.3 is 5.97 Å². The third-order valence-corrected chi connectivity index (χ3v) is 3.68. The minimum atomic E-state index is -0.425. The van der Waals surface area contributed by atoms with Crippen LogP contribution in [0.4, 0.5) is 5.82 Å². The molecule has 0 saturated carbocycles. The van der Waals surface area contributed by atoms with Crippen molar-refractivity contribution in [2.24, 2.45) is 10.3 Å². The number of ether oxygens (including phenoxy) is 1. The summed E-state index contributed by atoms with van der Waals surface area (Å²) in [6, 6.07) is 0. The molecule has 0 aliphatic heterocycles. The number of hydrogen-bond acceptors (Lipinski definition) is 5. The van der Waals surface area contributed by atoms with Crippen LogP contribution < -0.4 is 0 Å². The van der Waals surface area contributed by atoms with Crippen molar-refractivity contribution in [1.82, 2.24) is 15.0 Å². The highest BCUT2D eigenvalue weighted by Crippen LogP contribution is 2.16. The summed E-state index contributed by atoms with van der Waals surface area (Å²) < 4.78 is 5.28. The van der Waals surface area contributed by atoms with Gasteiger partial charge in [-0.25, -0.2) is 9.78 Å². The third-order valence-electron chi connectivity index (χ3n) is 3.68. The highest BCUT2D eigenvalue weighted by atomic mass is 16.5. The Morgan fingerprint density at radius 2 is 1.88 bits per heavy atom. The van der Waals surface area contributed by atoms with E-state index in [1.54, 1.807) is 5.01 Å². The van der Waals surface area contributed by atoms with Gasteiger partial charge in [-0.05, 0) is 12.8 Å². The van der Waals surface area contributed by atoms with Crippen molar-refractivity contribution < 1.29 is 9.53 Å². The quantitative estimate of drug-likeness (QED) is 0.246. The fourth-order valence-corrected chi connectivity index (χ4v) is 2.18. The van der Waals surface area contributed by atoms with Crippen LogP contribution in [0, 0.1) is 0 Å². The van der Waals surface area contributed by atoms with Crippen molar-refractivity contribution in [3.63, 3.8) is 0 Å². The van der Waals surface area contributed by atoms with Gasteiger partial charge in [-0.3, -0.25) is 5.01 Å². The van der Waals surface area contributed by atoms with Crippen molar-refractivity contribution in [3.05, 3.63) is 12.0 Å². The van der Waals surface area contributed by atoms with Crippen molar-refractivity contribution in [1.29, 1.82) is 0 Å². The first-order valence-electron chi connectivity index (χ1n) is 9.02. The number of unbranched alkanes of at least 4 members (excludes halogenated alkanes) is 6. The SMILES string of the molecule is CCCCCCCCOC(=O)c1[nH]cnc1/N=N/N(C)CCCC. The van der Waals surface area contributed by atoms with E-state index >= 15 is 0 Å². The lowest BCUT2D eigenvalue weighted by atomic mass is 10.1. The third kappa shape index (κ3) is 8.08. The van der Waals surface area contributed by atoms with Crippen molar-refractivity contribution in [2.75, 3.05) is 20.2 Å². The number of H-pyrrole nitrogens is 1. The second kappa shape index (κ2) is 12.5. The Labute approximate surface area is 144 Å². The number of esters is 1. The van der Waals surface area contributed by atoms with Crippen LogP contribution in [0.1, 0.15) is 75.7 Å². The van der Waals surface area contributed by atoms with Gasteiger partial charge in [-0.2, -0.15) is 0 Å². The van der Waals surface area contributed by atoms with Crippen LogP contribution in [0.3, 0.4) is 0 Å². The average Bonchev–Trinajstić information content (AvgIpc) is 3.05. The van der Waals surface area contributed by atoms with Crippen LogP contribution in [0.2, 0.25) is 0 Å². The Morgan fingerprint density at radius 3 is 2.62 bits per heavy atom. The molecule has 7 heteroatoms. The largest absolute Gasteiger partial charge is 0.461 e. The molecule has 0 saturated heterocycles. The summed E-state index contributed by atoms with van der Waals surface area (Å²) in [6.45, 7) is 5.57. The van der Waals surface area contributed by atoms with E-state index in [9.17, 15) is 4.79 Å². The maximum absolute atomic E-state index is 12.1. The number of imidazole rings is 1. The number of rotatable bonds is 13. The summed E-state index contributed by atoms with van der Waals surface area (Å²) in [5.41, 5.74) is 0.258. The van der Waals surface area contributed by atoms with E-state index < -0.39 is 5.97 Å². The predicted molar refractivity (Wildman–Crippen MR) is 94.3 cm³/mol. The molecule has 0 unspecified atom stereocenters. The zero-order chi connectivity index (χ0) is 17.6. The number of nitrogens with one attached hydrogen (secondary N) is 1. The molecule has 0 atom stereocenters. The lowest BCUT2D eigenvalue weighted by molar-refractivity contribution is 0.0492. The van der Waals surface area contributed by atoms with E-state index in [0.717, 1.165) is 32.2 Å². The van der Waals surface area contributed by atoms with Crippen molar-refractivity contribution in [3.8, 4) is 0 Å². The standard InChI is InChI=1S/C17H31N5O2/c1-4-6-8-9-10-11-13-24-17(23)15-16(19-14-18-15)20-21-22(3)12-7-5-2/h14H,4-13H2,1-3H3,(H,18,19)/b21-20+. The summed E-state index contributed by atoms with van der Waals surface area (Å²) in [4.78, 5) is 18.9. The molecule has 0 bridgehead atoms. The lowest BCUT2D eigenvalue weighted by Crippen LogP contribution is -2.11. The van der Waals surface area contributed by atoms with Gasteiger partial charge in [0.2, 0.25) is 5.82 Å². The Morgan fingerprint density at radius 1 is 1.17 bits per heavy atom. The predicted octanol–water partition coefficient (Wildman–Crippen LogP) is 4.66. The number of aromatic nitrogens is 2. The second-order valence-corrected chi connectivity index (χ2v) is 5.93. The molecule has 0 fully saturated rings. The molecule has 0 aromatic carbocycles. The number of carbonyl (C=O) groups is 1. The molecule has 1 aromatic rings. The molecule has 0 radical (unpaired) electrons. The highest BCUT2D eigenvalue weighted by Gasteiger charge is 2.15. The Balaban J connectivity index is 2.35. The van der Waals surface area contributed by atoms with Crippen LogP contribution in [0.5, 0.6) is 0 Å². The molecule has 1 aromatic heterocycles. The number of nitrogens with zero attached hydrogens (tertiary/aromatic N) is 4. The van der Waals surface area contributed by atoms with E-state index in [-0.39, 0.29) is 11.5 Å². The molecular weight excluding hydrogens is 306 g/mol. The Kier molecular flexibility index (Phi) is 10.5. The first-order valence-corrected chi connectivity index (χ1v) is 9.02. The zero-order valence-electron chi connectivity index (χ0n) is 15.3. The summed E-state index contributed by atoms with van der Waals surface area (Å²) in [5.74, 6) is -0.155. The van der Waals surface area contributed by atoms with E-state index in [1.807, 2.05) is 7.05 Å². The maximum atomic E-state index is 12.1. The smallest absolute Gasteiger partial charge is 0.358 e. The van der Waals surface area contributed by atoms with Crippen LogP contribution in [0.25, 0.3) is 0 Å². The molecule has 136 valence electrons. The molecule has 0 spiro atoms. The fraction of sp³-hybridized carbons (Fsp3) is 0.765. The van der Waals surface area contributed by atoms with Crippen LogP contribution in [-0.4, -0.2) is 41.1 Å². The minimum absolute atomic E-state index is 0.258. The summed E-state index contributed by atoms with van der Waals surface area (Å²) in [5, 5.41) is 9.82. The molecule has 0 amide bonds. The minimum Gasteiger partial charge on any atom is -0.461 e. The summed E-state index contributed by atoms with van der Waals surface area (Å²) in [6.07, 6.45) is 10.5. The maximum Gasteiger partial charge on any atom is 0.358 e. The normalized spacial score (nSPS) is 11.1. The molecular formula is C17H31N5O2. The first kappa shape index (κ1) is 20.1. The topological polar surface area (TPSA) is 82.9 Å². The van der Waals surface area contributed by atoms with Crippen LogP contribution >= 0.6 is 0 Å². The van der Waals surface area contributed by atoms with Crippen molar-refractivity contribution in [2.45, 2.75) is 65.2 Å². The van der Waals surface area contributed by atoms with E-state index in [4.69, 9.17) is 4.74 Å². The van der Waals surface area contributed by atoms with Gasteiger partial charge in [0, 0.05) is 13.6 Å². The van der Waals surface area contributed by atoms with Gasteiger partial charge in [0.25, 0.3) is 0 Å². The molecule has 1 heterocycles. The second-order valence-electron chi connectivity index (χ2n) is 5.93. The molecule has 24 heavy (non-hydrogen) atoms. The number of aromatic amines is 1. The first-order chi connectivity index (χ1) is 11.7. The van der Waals surface area contributed by atoms with Gasteiger partial charge in [0.05, 0.1) is 12.9 Å². The van der Waals surface area contributed by atoms with Gasteiger partial charge in [-0.15, -0.1) is 5.11 Å². The van der Waals surface area contributed by atoms with Crippen LogP contribution in [-0.2, 0) is 4.74 Å². The Hall–Kier alpha value is -1.92. The molecule has 1 rings (SSSR count). The molecule has 0 aliphatic rings. The van der Waals surface area contributed by atoms with E-state index in [0.29, 0.717) is 6.61 Å². The lowest BCUT2D eigenvalue weighted by Gasteiger charge is -2.09. The summed E-state index contributed by atoms with van der Waals surface area (Å²) in [7, 11) is 1.85. The summed E-state index contributed by atoms with van der Waals surface area (Å²) >= 11 is 0. The van der Waals surface area contributed by atoms with Gasteiger partial charge in [0.1, 0.15) is 0 Å². The van der Waals surface area contributed by atoms with Gasteiger partial charge in [-0.1, -0.05) is 57.6 Å². The molecule has 0 aliphatic carbocycles. The Bertz CT molecular complexity index is 487. The van der Waals surface area contributed by atoms with Crippen LogP contribution in [0.15, 0.2) is 16.7 Å². The monoisotopic (exact) mass is 337 g/mol. The molecule has 1 N–H and O–H groups in total. The fourth-order valence-electron chi connectivity index (χ4n) is 2.18. The van der Waals surface area contributed by atoms with E-state index in [2.05, 4.69) is 34.2 Å². The number of hydrogen-bond donors (Lipinski definition) is 1. The van der Waals surface area contributed by atoms with E-state index in [1.165, 1.54) is 32.0 Å². The van der Waals surface area contributed by atoms with Gasteiger partial charge < -0.3 is 9.72 Å². The van der Waals surface area contributed by atoms with Crippen molar-refractivity contribution >= 4 is 11.8 Å². The number of carbonyl (C=O) groups excluding carboxylic acids is 1. The van der Waals surface area contributed by atoms with Gasteiger partial charge in [0.15, 0.2) is 5.69 Å². The highest BCUT2D eigenvalue weighted by molar-refractivity contribution is 5.91. The molecule has 7 nitrogen and oxygen atoms in total. The average molecular weight is 337 g/mol. The zero-order valence-corrected chi connectivity index (χ0v) is 15.3.